The lowest BCUT2D eigenvalue weighted by molar-refractivity contribution is -0.124. The number of hydrogen-bond acceptors (Lipinski definition) is 5. The molecule has 2 aliphatic rings. The van der Waals surface area contributed by atoms with E-state index < -0.39 is 5.54 Å². The van der Waals surface area contributed by atoms with Gasteiger partial charge in [-0.15, -0.1) is 0 Å². The van der Waals surface area contributed by atoms with E-state index in [4.69, 9.17) is 0 Å². The molecule has 7 nitrogen and oxygen atoms in total. The topological polar surface area (TPSA) is 86.3 Å². The van der Waals surface area contributed by atoms with Gasteiger partial charge in [-0.2, -0.15) is 0 Å². The molecule has 4 rings (SSSR count). The summed E-state index contributed by atoms with van der Waals surface area (Å²) in [6.07, 6.45) is 3.30. The molecule has 114 valence electrons. The molecule has 0 bridgehead atoms. The lowest BCUT2D eigenvalue weighted by atomic mass is 9.88. The van der Waals surface area contributed by atoms with E-state index in [1.165, 1.54) is 0 Å². The van der Waals surface area contributed by atoms with Crippen LogP contribution in [0.25, 0.3) is 11.0 Å². The maximum Gasteiger partial charge on any atom is 0.253 e. The number of H-pyrrole nitrogens is 1. The number of aryl methyl sites for hydroxylation is 1. The summed E-state index contributed by atoms with van der Waals surface area (Å²) in [4.78, 5) is 31.2. The third kappa shape index (κ3) is 1.88. The van der Waals surface area contributed by atoms with Crippen molar-refractivity contribution in [1.82, 2.24) is 20.3 Å². The Morgan fingerprint density at radius 1 is 1.23 bits per heavy atom. The Morgan fingerprint density at radius 2 is 2.00 bits per heavy atom. The van der Waals surface area contributed by atoms with Crippen molar-refractivity contribution in [3.8, 4) is 0 Å². The molecule has 4 heterocycles. The molecular weight excluding hydrogens is 280 g/mol. The first-order valence-corrected chi connectivity index (χ1v) is 7.52. The highest BCUT2D eigenvalue weighted by atomic mass is 16.2. The van der Waals surface area contributed by atoms with Crippen LogP contribution < -0.4 is 10.2 Å². The molecular formula is C15H18N6O. The van der Waals surface area contributed by atoms with E-state index in [1.54, 1.807) is 0 Å². The van der Waals surface area contributed by atoms with E-state index in [1.807, 2.05) is 26.1 Å². The number of piperidine rings is 1. The number of carbonyl (C=O) groups is 1. The van der Waals surface area contributed by atoms with Crippen molar-refractivity contribution in [3.63, 3.8) is 0 Å². The van der Waals surface area contributed by atoms with Crippen LogP contribution >= 0.6 is 0 Å². The van der Waals surface area contributed by atoms with Gasteiger partial charge in [0.25, 0.3) is 5.91 Å². The van der Waals surface area contributed by atoms with E-state index in [9.17, 15) is 4.79 Å². The van der Waals surface area contributed by atoms with Gasteiger partial charge in [0.15, 0.2) is 5.82 Å². The number of nitrogens with zero attached hydrogens (tertiary/aromatic N) is 4. The maximum atomic E-state index is 12.2. The SMILES string of the molecule is CC1=NC2(CCN(c3nc(C)nc4cc[nH]c34)CC2)C(=O)N1. The smallest absolute Gasteiger partial charge is 0.253 e. The van der Waals surface area contributed by atoms with Crippen molar-refractivity contribution < 1.29 is 4.79 Å². The summed E-state index contributed by atoms with van der Waals surface area (Å²) in [6, 6.07) is 1.96. The number of hydrogen-bond donors (Lipinski definition) is 2. The van der Waals surface area contributed by atoms with Crippen molar-refractivity contribution >= 4 is 28.6 Å². The number of amides is 1. The summed E-state index contributed by atoms with van der Waals surface area (Å²) in [7, 11) is 0. The first-order chi connectivity index (χ1) is 10.6. The molecule has 2 aromatic heterocycles. The van der Waals surface area contributed by atoms with Crippen LogP contribution in [0.2, 0.25) is 0 Å². The zero-order chi connectivity index (χ0) is 15.3. The Kier molecular flexibility index (Phi) is 2.72. The quantitative estimate of drug-likeness (QED) is 0.827. The number of carbonyl (C=O) groups excluding carboxylic acids is 1. The molecule has 0 radical (unpaired) electrons. The molecule has 0 atom stereocenters. The minimum Gasteiger partial charge on any atom is -0.357 e. The van der Waals surface area contributed by atoms with Crippen molar-refractivity contribution in [2.45, 2.75) is 32.2 Å². The molecule has 0 saturated carbocycles. The van der Waals surface area contributed by atoms with E-state index in [0.29, 0.717) is 12.8 Å². The van der Waals surface area contributed by atoms with Crippen LogP contribution in [0.4, 0.5) is 5.82 Å². The maximum absolute atomic E-state index is 12.2. The highest BCUT2D eigenvalue weighted by Crippen LogP contribution is 2.33. The van der Waals surface area contributed by atoms with Gasteiger partial charge in [-0.1, -0.05) is 0 Å². The molecule has 1 spiro atoms. The van der Waals surface area contributed by atoms with Crippen LogP contribution in [0.5, 0.6) is 0 Å². The summed E-state index contributed by atoms with van der Waals surface area (Å²) in [5.74, 6) is 2.44. The highest BCUT2D eigenvalue weighted by Gasteiger charge is 2.45. The lowest BCUT2D eigenvalue weighted by Crippen LogP contribution is -2.49. The summed E-state index contributed by atoms with van der Waals surface area (Å²) >= 11 is 0. The second-order valence-electron chi connectivity index (χ2n) is 6.00. The van der Waals surface area contributed by atoms with Crippen LogP contribution in [0.1, 0.15) is 25.6 Å². The number of nitrogens with one attached hydrogen (secondary N) is 2. The molecule has 2 aliphatic heterocycles. The average Bonchev–Trinajstić information content (AvgIpc) is 3.04. The Morgan fingerprint density at radius 3 is 2.68 bits per heavy atom. The fourth-order valence-electron chi connectivity index (χ4n) is 3.38. The van der Waals surface area contributed by atoms with Crippen molar-refractivity contribution in [2.75, 3.05) is 18.0 Å². The summed E-state index contributed by atoms with van der Waals surface area (Å²) in [6.45, 7) is 5.26. The van der Waals surface area contributed by atoms with E-state index in [0.717, 1.165) is 41.6 Å². The molecule has 22 heavy (non-hydrogen) atoms. The van der Waals surface area contributed by atoms with Crippen LogP contribution in [0.3, 0.4) is 0 Å². The number of amidine groups is 1. The monoisotopic (exact) mass is 298 g/mol. The molecule has 0 aromatic carbocycles. The van der Waals surface area contributed by atoms with Crippen LogP contribution in [0.15, 0.2) is 17.3 Å². The summed E-state index contributed by atoms with van der Waals surface area (Å²) in [5.41, 5.74) is 1.31. The predicted octanol–water partition coefficient (Wildman–Crippen LogP) is 1.15. The molecule has 0 unspecified atom stereocenters. The molecule has 7 heteroatoms. The molecule has 2 aromatic rings. The van der Waals surface area contributed by atoms with Crippen LogP contribution in [-0.2, 0) is 4.79 Å². The Hall–Kier alpha value is -2.44. The standard InChI is InChI=1S/C15H18N6O/c1-9-17-11-3-6-16-12(11)13(18-9)21-7-4-15(5-8-21)14(22)19-10(2)20-15/h3,6,16H,4-5,7-8H2,1-2H3,(H,19,20,22). The van der Waals surface area contributed by atoms with Gasteiger partial charge < -0.3 is 15.2 Å². The number of aromatic nitrogens is 3. The average molecular weight is 298 g/mol. The van der Waals surface area contributed by atoms with Crippen molar-refractivity contribution in [3.05, 3.63) is 18.1 Å². The van der Waals surface area contributed by atoms with Gasteiger partial charge in [0.1, 0.15) is 22.7 Å². The number of rotatable bonds is 1. The van der Waals surface area contributed by atoms with Gasteiger partial charge >= 0.3 is 0 Å². The number of fused-ring (bicyclic) bond motifs is 1. The van der Waals surface area contributed by atoms with Gasteiger partial charge in [-0.3, -0.25) is 9.79 Å². The van der Waals surface area contributed by atoms with Gasteiger partial charge in [-0.05, 0) is 32.8 Å². The highest BCUT2D eigenvalue weighted by molar-refractivity contribution is 6.07. The number of aliphatic imine (C=N–C) groups is 1. The molecule has 0 aliphatic carbocycles. The fourth-order valence-corrected chi connectivity index (χ4v) is 3.38. The summed E-state index contributed by atoms with van der Waals surface area (Å²) < 4.78 is 0. The molecule has 1 amide bonds. The minimum atomic E-state index is -0.572. The number of aromatic amines is 1. The first kappa shape index (κ1) is 13.2. The first-order valence-electron chi connectivity index (χ1n) is 7.52. The Balaban J connectivity index is 1.64. The second kappa shape index (κ2) is 4.53. The largest absolute Gasteiger partial charge is 0.357 e. The normalized spacial score (nSPS) is 20.5. The number of anilines is 1. The summed E-state index contributed by atoms with van der Waals surface area (Å²) in [5, 5.41) is 2.83. The Bertz CT molecular complexity index is 784. The van der Waals surface area contributed by atoms with Gasteiger partial charge in [0, 0.05) is 19.3 Å². The van der Waals surface area contributed by atoms with Gasteiger partial charge in [-0.25, -0.2) is 9.97 Å². The van der Waals surface area contributed by atoms with E-state index >= 15 is 0 Å². The van der Waals surface area contributed by atoms with Gasteiger partial charge in [0.2, 0.25) is 0 Å². The van der Waals surface area contributed by atoms with E-state index in [-0.39, 0.29) is 5.91 Å². The molecule has 1 saturated heterocycles. The zero-order valence-corrected chi connectivity index (χ0v) is 12.7. The van der Waals surface area contributed by atoms with E-state index in [2.05, 4.69) is 30.2 Å². The van der Waals surface area contributed by atoms with Gasteiger partial charge in [0.05, 0.1) is 5.52 Å². The third-order valence-electron chi connectivity index (χ3n) is 4.49. The van der Waals surface area contributed by atoms with Crippen LogP contribution in [-0.4, -0.2) is 45.3 Å². The molecule has 2 N–H and O–H groups in total. The lowest BCUT2D eigenvalue weighted by Gasteiger charge is -2.36. The molecule has 1 fully saturated rings. The zero-order valence-electron chi connectivity index (χ0n) is 12.7. The van der Waals surface area contributed by atoms with Crippen LogP contribution in [0, 0.1) is 6.92 Å². The fraction of sp³-hybridized carbons (Fsp3) is 0.467. The second-order valence-corrected chi connectivity index (χ2v) is 6.00. The minimum absolute atomic E-state index is 0.0357. The van der Waals surface area contributed by atoms with Crippen molar-refractivity contribution in [1.29, 1.82) is 0 Å². The van der Waals surface area contributed by atoms with Crippen molar-refractivity contribution in [2.24, 2.45) is 4.99 Å². The third-order valence-corrected chi connectivity index (χ3v) is 4.49. The Labute approximate surface area is 127 Å². The predicted molar refractivity (Wildman–Crippen MR) is 84.1 cm³/mol.